The molecular weight excluding hydrogens is 202 g/mol. The SMILES string of the molecule is CC(CSCc1ncnn1C)C(=O)O. The van der Waals surface area contributed by atoms with Gasteiger partial charge in [0.2, 0.25) is 0 Å². The predicted molar refractivity (Wildman–Crippen MR) is 54.0 cm³/mol. The number of hydrogen-bond acceptors (Lipinski definition) is 4. The smallest absolute Gasteiger partial charge is 0.307 e. The quantitative estimate of drug-likeness (QED) is 0.785. The molecule has 1 aromatic heterocycles. The lowest BCUT2D eigenvalue weighted by Gasteiger charge is -2.04. The molecule has 14 heavy (non-hydrogen) atoms. The van der Waals surface area contributed by atoms with Crippen molar-refractivity contribution in [3.05, 3.63) is 12.2 Å². The van der Waals surface area contributed by atoms with E-state index in [9.17, 15) is 4.79 Å². The van der Waals surface area contributed by atoms with Crippen molar-refractivity contribution in [2.45, 2.75) is 12.7 Å². The molecule has 1 N–H and O–H groups in total. The second-order valence-corrected chi connectivity index (χ2v) is 4.08. The number of carboxylic acid groups (broad SMARTS) is 1. The number of nitrogens with zero attached hydrogens (tertiary/aromatic N) is 3. The Morgan fingerprint density at radius 3 is 3.00 bits per heavy atom. The van der Waals surface area contributed by atoms with Crippen LogP contribution in [0.3, 0.4) is 0 Å². The lowest BCUT2D eigenvalue weighted by atomic mass is 10.2. The Morgan fingerprint density at radius 1 is 1.79 bits per heavy atom. The largest absolute Gasteiger partial charge is 0.481 e. The molecule has 5 nitrogen and oxygen atoms in total. The number of aromatic nitrogens is 3. The summed E-state index contributed by atoms with van der Waals surface area (Å²) in [4.78, 5) is 14.6. The second-order valence-electron chi connectivity index (χ2n) is 3.05. The van der Waals surface area contributed by atoms with Gasteiger partial charge in [0.25, 0.3) is 0 Å². The standard InChI is InChI=1S/C8H13N3O2S/c1-6(8(12)13)3-14-4-7-9-5-10-11(7)2/h5-6H,3-4H2,1-2H3,(H,12,13). The first-order chi connectivity index (χ1) is 6.61. The molecule has 0 aliphatic heterocycles. The molecule has 0 aromatic carbocycles. The van der Waals surface area contributed by atoms with Crippen LogP contribution in [0, 0.1) is 5.92 Å². The van der Waals surface area contributed by atoms with E-state index in [0.717, 1.165) is 5.82 Å². The summed E-state index contributed by atoms with van der Waals surface area (Å²) in [5.41, 5.74) is 0. The van der Waals surface area contributed by atoms with Gasteiger partial charge in [0.1, 0.15) is 12.2 Å². The zero-order valence-electron chi connectivity index (χ0n) is 8.17. The Bertz CT molecular complexity index is 313. The number of carboxylic acids is 1. The third kappa shape index (κ3) is 3.02. The first-order valence-corrected chi connectivity index (χ1v) is 5.40. The van der Waals surface area contributed by atoms with E-state index in [0.29, 0.717) is 11.5 Å². The van der Waals surface area contributed by atoms with Gasteiger partial charge in [0, 0.05) is 12.8 Å². The van der Waals surface area contributed by atoms with Gasteiger partial charge in [-0.25, -0.2) is 4.98 Å². The van der Waals surface area contributed by atoms with Gasteiger partial charge in [-0.2, -0.15) is 16.9 Å². The highest BCUT2D eigenvalue weighted by atomic mass is 32.2. The van der Waals surface area contributed by atoms with Gasteiger partial charge in [0.05, 0.1) is 11.7 Å². The minimum absolute atomic E-state index is 0.312. The highest BCUT2D eigenvalue weighted by Crippen LogP contribution is 2.13. The molecule has 0 fully saturated rings. The van der Waals surface area contributed by atoms with Crippen LogP contribution in [-0.2, 0) is 17.6 Å². The van der Waals surface area contributed by atoms with Crippen molar-refractivity contribution >= 4 is 17.7 Å². The Balaban J connectivity index is 2.29. The zero-order chi connectivity index (χ0) is 10.6. The zero-order valence-corrected chi connectivity index (χ0v) is 8.99. The summed E-state index contributed by atoms with van der Waals surface area (Å²) in [7, 11) is 1.82. The van der Waals surface area contributed by atoms with Gasteiger partial charge in [-0.15, -0.1) is 0 Å². The molecule has 0 aliphatic carbocycles. The Morgan fingerprint density at radius 2 is 2.50 bits per heavy atom. The molecule has 0 saturated carbocycles. The first-order valence-electron chi connectivity index (χ1n) is 4.24. The third-order valence-electron chi connectivity index (χ3n) is 1.83. The maximum atomic E-state index is 10.5. The van der Waals surface area contributed by atoms with Crippen molar-refractivity contribution in [2.24, 2.45) is 13.0 Å². The maximum Gasteiger partial charge on any atom is 0.307 e. The number of aryl methyl sites for hydroxylation is 1. The normalized spacial score (nSPS) is 12.7. The van der Waals surface area contributed by atoms with Crippen molar-refractivity contribution in [2.75, 3.05) is 5.75 Å². The maximum absolute atomic E-state index is 10.5. The molecule has 1 aromatic rings. The van der Waals surface area contributed by atoms with Gasteiger partial charge in [-0.05, 0) is 0 Å². The topological polar surface area (TPSA) is 68.0 Å². The molecule has 0 aliphatic rings. The highest BCUT2D eigenvalue weighted by molar-refractivity contribution is 7.98. The minimum Gasteiger partial charge on any atom is -0.481 e. The van der Waals surface area contributed by atoms with Crippen molar-refractivity contribution in [1.82, 2.24) is 14.8 Å². The molecule has 1 unspecified atom stereocenters. The lowest BCUT2D eigenvalue weighted by molar-refractivity contribution is -0.140. The van der Waals surface area contributed by atoms with Gasteiger partial charge >= 0.3 is 5.97 Å². The van der Waals surface area contributed by atoms with Crippen LogP contribution in [0.5, 0.6) is 0 Å². The van der Waals surface area contributed by atoms with Crippen molar-refractivity contribution < 1.29 is 9.90 Å². The van der Waals surface area contributed by atoms with Gasteiger partial charge in [-0.1, -0.05) is 6.92 Å². The molecule has 78 valence electrons. The Labute approximate surface area is 86.5 Å². The molecule has 1 heterocycles. The summed E-state index contributed by atoms with van der Waals surface area (Å²) in [6, 6.07) is 0. The Hall–Kier alpha value is -1.04. The van der Waals surface area contributed by atoms with E-state index < -0.39 is 5.97 Å². The van der Waals surface area contributed by atoms with Crippen LogP contribution in [0.15, 0.2) is 6.33 Å². The van der Waals surface area contributed by atoms with E-state index in [1.807, 2.05) is 7.05 Å². The number of aliphatic carboxylic acids is 1. The van der Waals surface area contributed by atoms with E-state index >= 15 is 0 Å². The first kappa shape index (κ1) is 11.0. The van der Waals surface area contributed by atoms with Gasteiger partial charge in [-0.3, -0.25) is 9.48 Å². The van der Waals surface area contributed by atoms with Crippen LogP contribution in [-0.4, -0.2) is 31.6 Å². The number of rotatable bonds is 5. The van der Waals surface area contributed by atoms with E-state index in [1.165, 1.54) is 6.33 Å². The summed E-state index contributed by atoms with van der Waals surface area (Å²) < 4.78 is 1.69. The van der Waals surface area contributed by atoms with Crippen LogP contribution in [0.4, 0.5) is 0 Å². The van der Waals surface area contributed by atoms with Crippen LogP contribution in [0.2, 0.25) is 0 Å². The average molecular weight is 215 g/mol. The summed E-state index contributed by atoms with van der Waals surface area (Å²) >= 11 is 1.56. The minimum atomic E-state index is -0.754. The molecule has 1 atom stereocenters. The van der Waals surface area contributed by atoms with Crippen molar-refractivity contribution in [3.8, 4) is 0 Å². The summed E-state index contributed by atoms with van der Waals surface area (Å²) in [5.74, 6) is 1.10. The fourth-order valence-corrected chi connectivity index (χ4v) is 1.91. The molecule has 0 spiro atoms. The monoisotopic (exact) mass is 215 g/mol. The summed E-state index contributed by atoms with van der Waals surface area (Å²) in [5, 5.41) is 12.6. The van der Waals surface area contributed by atoms with Crippen LogP contribution < -0.4 is 0 Å². The van der Waals surface area contributed by atoms with Crippen LogP contribution in [0.25, 0.3) is 0 Å². The van der Waals surface area contributed by atoms with Crippen LogP contribution >= 0.6 is 11.8 Å². The highest BCUT2D eigenvalue weighted by Gasteiger charge is 2.11. The molecule has 0 bridgehead atoms. The molecule has 0 saturated heterocycles. The van der Waals surface area contributed by atoms with Crippen LogP contribution in [0.1, 0.15) is 12.7 Å². The summed E-state index contributed by atoms with van der Waals surface area (Å²) in [6.07, 6.45) is 1.50. The van der Waals surface area contributed by atoms with E-state index in [4.69, 9.17) is 5.11 Å². The van der Waals surface area contributed by atoms with Gasteiger partial charge in [0.15, 0.2) is 0 Å². The molecular formula is C8H13N3O2S. The third-order valence-corrected chi connectivity index (χ3v) is 3.02. The van der Waals surface area contributed by atoms with Crippen molar-refractivity contribution in [3.63, 3.8) is 0 Å². The number of carbonyl (C=O) groups is 1. The fraction of sp³-hybridized carbons (Fsp3) is 0.625. The fourth-order valence-electron chi connectivity index (χ4n) is 0.849. The average Bonchev–Trinajstić information content (AvgIpc) is 2.51. The lowest BCUT2D eigenvalue weighted by Crippen LogP contribution is -2.12. The molecule has 1 rings (SSSR count). The second kappa shape index (κ2) is 4.99. The van der Waals surface area contributed by atoms with Gasteiger partial charge < -0.3 is 5.11 Å². The van der Waals surface area contributed by atoms with E-state index in [1.54, 1.807) is 23.4 Å². The molecule has 6 heteroatoms. The molecule has 0 radical (unpaired) electrons. The van der Waals surface area contributed by atoms with E-state index in [2.05, 4.69) is 10.1 Å². The van der Waals surface area contributed by atoms with E-state index in [-0.39, 0.29) is 5.92 Å². The van der Waals surface area contributed by atoms with Crippen molar-refractivity contribution in [1.29, 1.82) is 0 Å². The summed E-state index contributed by atoms with van der Waals surface area (Å²) in [6.45, 7) is 1.70. The predicted octanol–water partition coefficient (Wildman–Crippen LogP) is 0.769. The number of thioether (sulfide) groups is 1. The number of hydrogen-bond donors (Lipinski definition) is 1. The Kier molecular flexibility index (Phi) is 3.94. The molecule has 0 amide bonds.